The zero-order valence-corrected chi connectivity index (χ0v) is 36.2. The number of aliphatic carboxylic acids is 1. The smallest absolute Gasteiger partial charge is 0.407 e. The lowest BCUT2D eigenvalue weighted by molar-refractivity contribution is -0.139. The summed E-state index contributed by atoms with van der Waals surface area (Å²) in [5.74, 6) is -0.131. The number of thioether (sulfide) groups is 1. The number of hydrogen-bond acceptors (Lipinski definition) is 10. The molecule has 2 aromatic carbocycles. The third kappa shape index (κ3) is 14.7. The number of rotatable bonds is 24. The van der Waals surface area contributed by atoms with Gasteiger partial charge in [0.1, 0.15) is 18.4 Å². The van der Waals surface area contributed by atoms with Gasteiger partial charge in [0.25, 0.3) is 0 Å². The number of ketones is 1. The van der Waals surface area contributed by atoms with Crippen LogP contribution >= 0.6 is 11.8 Å². The fourth-order valence-corrected chi connectivity index (χ4v) is 9.57. The van der Waals surface area contributed by atoms with Crippen LogP contribution in [0.1, 0.15) is 74.4 Å². The Hall–Kier alpha value is -5.62. The molecule has 346 valence electrons. The molecule has 17 heteroatoms. The van der Waals surface area contributed by atoms with E-state index in [2.05, 4.69) is 43.4 Å². The number of Topliss-reactive ketones (excluding diaryl/α,β-unsaturated/α-hetero) is 1. The van der Waals surface area contributed by atoms with Crippen molar-refractivity contribution in [2.45, 2.75) is 94.1 Å². The van der Waals surface area contributed by atoms with E-state index in [1.807, 2.05) is 66.5 Å². The Morgan fingerprint density at radius 3 is 2.11 bits per heavy atom. The van der Waals surface area contributed by atoms with Crippen molar-refractivity contribution in [3.63, 3.8) is 0 Å². The van der Waals surface area contributed by atoms with E-state index in [4.69, 9.17) is 19.9 Å². The molecule has 4 heterocycles. The van der Waals surface area contributed by atoms with Crippen molar-refractivity contribution in [2.24, 2.45) is 5.73 Å². The minimum Gasteiger partial charge on any atom is -0.480 e. The van der Waals surface area contributed by atoms with Gasteiger partial charge in [-0.15, -0.1) is 0 Å². The Bertz CT molecular complexity index is 2040. The first-order chi connectivity index (χ1) is 30.7. The molecule has 1 aliphatic carbocycles. The van der Waals surface area contributed by atoms with Crippen molar-refractivity contribution in [1.82, 2.24) is 31.2 Å². The van der Waals surface area contributed by atoms with Crippen LogP contribution < -0.4 is 27.0 Å². The Morgan fingerprint density at radius 2 is 1.45 bits per heavy atom. The number of benzene rings is 2. The lowest BCUT2D eigenvalue weighted by atomic mass is 9.98. The number of carboxylic acids is 1. The molecular formula is C47H63N7O9S. The zero-order chi connectivity index (χ0) is 44.4. The Kier molecular flexibility index (Phi) is 19.8. The number of nitrogens with one attached hydrogen (secondary N) is 6. The maximum absolute atomic E-state index is 12.3. The molecule has 0 spiro atoms. The van der Waals surface area contributed by atoms with E-state index in [1.165, 1.54) is 0 Å². The van der Waals surface area contributed by atoms with Gasteiger partial charge >= 0.3 is 18.1 Å². The van der Waals surface area contributed by atoms with Crippen molar-refractivity contribution in [3.8, 4) is 11.1 Å². The number of H-pyrrole nitrogens is 2. The molecule has 64 heavy (non-hydrogen) atoms. The first-order valence-electron chi connectivity index (χ1n) is 21.6. The molecule has 0 saturated carbocycles. The van der Waals surface area contributed by atoms with Crippen molar-refractivity contribution < 1.29 is 43.3 Å². The van der Waals surface area contributed by atoms with Crippen LogP contribution in [0, 0.1) is 0 Å². The van der Waals surface area contributed by atoms with E-state index in [-0.39, 0.29) is 56.2 Å². The minimum atomic E-state index is -1.11. The molecule has 7 rings (SSSR count). The number of aromatic nitrogens is 2. The van der Waals surface area contributed by atoms with E-state index in [0.717, 1.165) is 58.7 Å². The first kappa shape index (κ1) is 49.4. The second-order valence-electron chi connectivity index (χ2n) is 15.8. The SMILES string of the molecule is C.NC(Cc1ccc[nH]1)C(=O)CCCOCCOCCNC(=O)CCCCC1SCC2NC(=O)NC21.O=C(NC(Cc1ccc[nH]1)C(=O)O)OCC1c2ccccc2-c2ccccc21. The highest BCUT2D eigenvalue weighted by molar-refractivity contribution is 8.00. The van der Waals surface area contributed by atoms with Gasteiger partial charge < -0.3 is 56.3 Å². The predicted molar refractivity (Wildman–Crippen MR) is 246 cm³/mol. The van der Waals surface area contributed by atoms with E-state index in [1.54, 1.807) is 18.3 Å². The van der Waals surface area contributed by atoms with Gasteiger partial charge in [-0.2, -0.15) is 11.8 Å². The summed E-state index contributed by atoms with van der Waals surface area (Å²) in [4.78, 5) is 65.1. The fraction of sp³-hybridized carbons (Fsp3) is 0.468. The molecule has 4 aromatic rings. The minimum absolute atomic E-state index is 0. The number of alkyl carbamates (subject to hydrolysis) is 1. The summed E-state index contributed by atoms with van der Waals surface area (Å²) in [7, 11) is 0. The molecule has 4 amide bonds. The van der Waals surface area contributed by atoms with E-state index in [9.17, 15) is 29.1 Å². The van der Waals surface area contributed by atoms with Gasteiger partial charge in [0.2, 0.25) is 5.91 Å². The molecule has 9 N–H and O–H groups in total. The summed E-state index contributed by atoms with van der Waals surface area (Å²) in [6.45, 7) is 2.46. The number of fused-ring (bicyclic) bond motifs is 4. The highest BCUT2D eigenvalue weighted by Gasteiger charge is 2.42. The third-order valence-electron chi connectivity index (χ3n) is 11.3. The second kappa shape index (κ2) is 25.6. The molecule has 0 bridgehead atoms. The van der Waals surface area contributed by atoms with Crippen LogP contribution in [-0.2, 0) is 41.4 Å². The fourth-order valence-electron chi connectivity index (χ4n) is 8.02. The molecule has 0 radical (unpaired) electrons. The normalized spacial score (nSPS) is 17.8. The number of urea groups is 1. The molecule has 2 fully saturated rings. The average Bonchev–Trinajstić information content (AvgIpc) is 4.14. The number of carbonyl (C=O) groups is 5. The number of amides is 4. The molecule has 2 saturated heterocycles. The number of aromatic amines is 2. The maximum atomic E-state index is 12.3. The van der Waals surface area contributed by atoms with Crippen LogP contribution in [0.15, 0.2) is 85.2 Å². The van der Waals surface area contributed by atoms with Crippen LogP contribution in [0.2, 0.25) is 0 Å². The Morgan fingerprint density at radius 1 is 0.797 bits per heavy atom. The standard InChI is InChI=1S/C24H39N5O5S.C22H20N2O4.CH4/c25-18(15-17-5-3-9-26-17)20(30)6-4-11-33-13-14-34-12-10-27-22(31)8-2-1-7-21-23-19(16-35-21)28-24(32)29-23;25-21(26)20(12-14-6-5-11-23-14)24-22(27)28-13-19-17-9-3-1-7-15(17)16-8-2-4-10-18(16)19;/h3,5,9,18-19,21,23,26H,1-2,4,6-8,10-16,25H2,(H,27,31)(H2,28,29,32);1-11,19-20,23H,12-13H2,(H,24,27)(H,25,26);1H4. The number of hydrogen-bond donors (Lipinski definition) is 8. The van der Waals surface area contributed by atoms with Crippen LogP contribution in [0.25, 0.3) is 11.1 Å². The zero-order valence-electron chi connectivity index (χ0n) is 35.4. The van der Waals surface area contributed by atoms with E-state index >= 15 is 0 Å². The van der Waals surface area contributed by atoms with Gasteiger partial charge in [-0.05, 0) is 65.8 Å². The van der Waals surface area contributed by atoms with Gasteiger partial charge in [-0.3, -0.25) is 9.59 Å². The number of carbonyl (C=O) groups excluding carboxylic acids is 4. The van der Waals surface area contributed by atoms with Crippen LogP contribution in [0.4, 0.5) is 9.59 Å². The summed E-state index contributed by atoms with van der Waals surface area (Å²) in [5.41, 5.74) is 12.1. The van der Waals surface area contributed by atoms with Gasteiger partial charge in [-0.1, -0.05) is 62.4 Å². The molecule has 5 atom stereocenters. The van der Waals surface area contributed by atoms with Crippen molar-refractivity contribution in [2.75, 3.05) is 45.3 Å². The van der Waals surface area contributed by atoms with Gasteiger partial charge in [-0.25, -0.2) is 14.4 Å². The molecule has 5 unspecified atom stereocenters. The lowest BCUT2D eigenvalue weighted by Gasteiger charge is -2.17. The molecule has 16 nitrogen and oxygen atoms in total. The summed E-state index contributed by atoms with van der Waals surface area (Å²) in [6, 6.07) is 22.3. The molecule has 3 aliphatic rings. The van der Waals surface area contributed by atoms with Crippen molar-refractivity contribution >= 4 is 41.5 Å². The topological polar surface area (TPSA) is 239 Å². The quantitative estimate of drug-likeness (QED) is 0.0332. The van der Waals surface area contributed by atoms with Crippen LogP contribution in [0.3, 0.4) is 0 Å². The Labute approximate surface area is 378 Å². The Balaban J connectivity index is 0.000000242. The predicted octanol–water partition coefficient (Wildman–Crippen LogP) is 5.29. The number of unbranched alkanes of at least 4 members (excludes halogenated alkanes) is 1. The monoisotopic (exact) mass is 901 g/mol. The summed E-state index contributed by atoms with van der Waals surface area (Å²) in [6.07, 6.45) is 7.86. The number of nitrogens with two attached hydrogens (primary N) is 1. The molecule has 2 aromatic heterocycles. The highest BCUT2D eigenvalue weighted by atomic mass is 32.2. The largest absolute Gasteiger partial charge is 0.480 e. The first-order valence-corrected chi connectivity index (χ1v) is 22.7. The van der Waals surface area contributed by atoms with Gasteiger partial charge in [0.15, 0.2) is 0 Å². The number of carboxylic acid groups (broad SMARTS) is 1. The van der Waals surface area contributed by atoms with Gasteiger partial charge in [0.05, 0.1) is 37.9 Å². The van der Waals surface area contributed by atoms with E-state index < -0.39 is 24.1 Å². The molecule has 2 aliphatic heterocycles. The molecular weight excluding hydrogens is 839 g/mol. The highest BCUT2D eigenvalue weighted by Crippen LogP contribution is 2.44. The maximum Gasteiger partial charge on any atom is 0.407 e. The summed E-state index contributed by atoms with van der Waals surface area (Å²) < 4.78 is 16.4. The van der Waals surface area contributed by atoms with Crippen molar-refractivity contribution in [3.05, 3.63) is 108 Å². The van der Waals surface area contributed by atoms with Crippen molar-refractivity contribution in [1.29, 1.82) is 0 Å². The van der Waals surface area contributed by atoms with Gasteiger partial charge in [0, 0.05) is 79.5 Å². The van der Waals surface area contributed by atoms with Crippen LogP contribution in [0.5, 0.6) is 0 Å². The summed E-state index contributed by atoms with van der Waals surface area (Å²) >= 11 is 1.90. The van der Waals surface area contributed by atoms with E-state index in [0.29, 0.717) is 63.9 Å². The average molecular weight is 902 g/mol. The number of ether oxygens (including phenoxy) is 3. The lowest BCUT2D eigenvalue weighted by Crippen LogP contribution is -2.43. The third-order valence-corrected chi connectivity index (χ3v) is 12.8. The van der Waals surface area contributed by atoms with Crippen LogP contribution in [-0.4, -0.2) is 120 Å². The summed E-state index contributed by atoms with van der Waals surface area (Å²) in [5, 5.41) is 21.1. The second-order valence-corrected chi connectivity index (χ2v) is 17.1.